The molecule has 0 fully saturated rings. The second-order valence-corrected chi connectivity index (χ2v) is 14.6. The summed E-state index contributed by atoms with van der Waals surface area (Å²) >= 11 is 12.5. The van der Waals surface area contributed by atoms with Crippen molar-refractivity contribution >= 4 is 50.7 Å². The second kappa shape index (κ2) is 14.6. The summed E-state index contributed by atoms with van der Waals surface area (Å²) < 4.78 is 27.1. The third-order valence-electron chi connectivity index (χ3n) is 7.31. The predicted molar refractivity (Wildman–Crippen MR) is 176 cm³/mol. The number of halogens is 2. The van der Waals surface area contributed by atoms with Gasteiger partial charge in [0.1, 0.15) is 12.6 Å². The lowest BCUT2D eigenvalue weighted by Crippen LogP contribution is -2.54. The molecule has 3 rings (SSSR count). The molecular formula is C33H41Cl2N3O4S. The molecule has 232 valence electrons. The van der Waals surface area contributed by atoms with Gasteiger partial charge >= 0.3 is 0 Å². The summed E-state index contributed by atoms with van der Waals surface area (Å²) in [5.41, 5.74) is 2.77. The number of nitrogens with one attached hydrogen (secondary N) is 1. The number of anilines is 1. The highest BCUT2D eigenvalue weighted by Gasteiger charge is 2.33. The standard InChI is InChI=1S/C33H41Cl2N3O4S/c1-7-23(2)36-32(40)30(20-24-11-9-8-10-12-24)37(21-25-13-18-28(34)29(35)19-25)31(39)22-38(43(6,41)42)27-16-14-26(15-17-27)33(3,4)5/h8-19,23,30H,7,20-22H2,1-6H3,(H,36,40)/t23-,30+/m1/s1. The minimum atomic E-state index is -3.86. The van der Waals surface area contributed by atoms with Crippen LogP contribution in [0.2, 0.25) is 10.0 Å². The number of nitrogens with zero attached hydrogens (tertiary/aromatic N) is 2. The summed E-state index contributed by atoms with van der Waals surface area (Å²) in [6.07, 6.45) is 2.00. The van der Waals surface area contributed by atoms with E-state index in [-0.39, 0.29) is 30.3 Å². The second-order valence-electron chi connectivity index (χ2n) is 11.9. The summed E-state index contributed by atoms with van der Waals surface area (Å²) in [4.78, 5) is 29.4. The van der Waals surface area contributed by atoms with Crippen LogP contribution in [0.15, 0.2) is 72.8 Å². The monoisotopic (exact) mass is 645 g/mol. The van der Waals surface area contributed by atoms with E-state index in [0.29, 0.717) is 27.7 Å². The molecule has 0 saturated carbocycles. The van der Waals surface area contributed by atoms with Crippen molar-refractivity contribution in [2.24, 2.45) is 0 Å². The minimum absolute atomic E-state index is 0.0156. The Bertz CT molecular complexity index is 1510. The van der Waals surface area contributed by atoms with E-state index in [0.717, 1.165) is 21.7 Å². The minimum Gasteiger partial charge on any atom is -0.352 e. The van der Waals surface area contributed by atoms with Crippen LogP contribution in [0, 0.1) is 0 Å². The zero-order valence-electron chi connectivity index (χ0n) is 25.6. The molecule has 0 bridgehead atoms. The van der Waals surface area contributed by atoms with Crippen LogP contribution in [-0.4, -0.2) is 50.0 Å². The molecule has 43 heavy (non-hydrogen) atoms. The summed E-state index contributed by atoms with van der Waals surface area (Å²) in [6, 6.07) is 20.5. The van der Waals surface area contributed by atoms with Gasteiger partial charge in [-0.2, -0.15) is 0 Å². The Labute approximate surface area is 266 Å². The van der Waals surface area contributed by atoms with Gasteiger partial charge in [0.15, 0.2) is 0 Å². The van der Waals surface area contributed by atoms with Crippen molar-refractivity contribution in [2.75, 3.05) is 17.1 Å². The van der Waals surface area contributed by atoms with E-state index in [1.54, 1.807) is 30.3 Å². The summed E-state index contributed by atoms with van der Waals surface area (Å²) in [5.74, 6) is -0.858. The largest absolute Gasteiger partial charge is 0.352 e. The van der Waals surface area contributed by atoms with E-state index < -0.39 is 28.5 Å². The first kappa shape index (κ1) is 34.4. The fourth-order valence-electron chi connectivity index (χ4n) is 4.57. The van der Waals surface area contributed by atoms with Crippen molar-refractivity contribution in [3.63, 3.8) is 0 Å². The Kier molecular flexibility index (Phi) is 11.7. The van der Waals surface area contributed by atoms with Gasteiger partial charge in [-0.15, -0.1) is 0 Å². The third kappa shape index (κ3) is 9.71. The average molecular weight is 647 g/mol. The predicted octanol–water partition coefficient (Wildman–Crippen LogP) is 6.61. The molecule has 3 aromatic carbocycles. The highest BCUT2D eigenvalue weighted by molar-refractivity contribution is 7.92. The van der Waals surface area contributed by atoms with Gasteiger partial charge in [-0.25, -0.2) is 8.42 Å². The smallest absolute Gasteiger partial charge is 0.244 e. The van der Waals surface area contributed by atoms with Gasteiger partial charge in [-0.1, -0.05) is 99.4 Å². The SMILES string of the molecule is CC[C@@H](C)NC(=O)[C@H](Cc1ccccc1)N(Cc1ccc(Cl)c(Cl)c1)C(=O)CN(c1ccc(C(C)(C)C)cc1)S(C)(=O)=O. The number of amides is 2. The van der Waals surface area contributed by atoms with E-state index in [2.05, 4.69) is 26.1 Å². The molecule has 0 unspecified atom stereocenters. The van der Waals surface area contributed by atoms with E-state index >= 15 is 0 Å². The van der Waals surface area contributed by atoms with E-state index in [4.69, 9.17) is 23.2 Å². The highest BCUT2D eigenvalue weighted by Crippen LogP contribution is 2.27. The number of benzene rings is 3. The van der Waals surface area contributed by atoms with E-state index in [1.807, 2.05) is 56.3 Å². The molecule has 0 aliphatic carbocycles. The molecule has 0 aromatic heterocycles. The number of hydrogen-bond donors (Lipinski definition) is 1. The summed E-state index contributed by atoms with van der Waals surface area (Å²) in [7, 11) is -3.86. The molecule has 0 aliphatic rings. The first-order valence-corrected chi connectivity index (χ1v) is 16.9. The van der Waals surface area contributed by atoms with Crippen molar-refractivity contribution in [3.05, 3.63) is 99.5 Å². The van der Waals surface area contributed by atoms with Crippen LogP contribution in [0.1, 0.15) is 57.7 Å². The normalized spacial score (nSPS) is 13.2. The van der Waals surface area contributed by atoms with Gasteiger partial charge < -0.3 is 10.2 Å². The maximum absolute atomic E-state index is 14.2. The first-order chi connectivity index (χ1) is 20.1. The Balaban J connectivity index is 2.08. The van der Waals surface area contributed by atoms with Crippen molar-refractivity contribution in [1.82, 2.24) is 10.2 Å². The molecule has 0 heterocycles. The average Bonchev–Trinajstić information content (AvgIpc) is 2.94. The zero-order chi connectivity index (χ0) is 31.9. The molecule has 0 spiro atoms. The van der Waals surface area contributed by atoms with Gasteiger partial charge in [0, 0.05) is 19.0 Å². The van der Waals surface area contributed by atoms with Crippen molar-refractivity contribution in [3.8, 4) is 0 Å². The summed E-state index contributed by atoms with van der Waals surface area (Å²) in [6.45, 7) is 9.59. The topological polar surface area (TPSA) is 86.8 Å². The van der Waals surface area contributed by atoms with Crippen LogP contribution in [0.4, 0.5) is 5.69 Å². The van der Waals surface area contributed by atoms with Gasteiger partial charge in [0.2, 0.25) is 21.8 Å². The third-order valence-corrected chi connectivity index (χ3v) is 9.19. The Hall–Kier alpha value is -3.07. The lowest BCUT2D eigenvalue weighted by molar-refractivity contribution is -0.140. The lowest BCUT2D eigenvalue weighted by atomic mass is 9.87. The van der Waals surface area contributed by atoms with Crippen LogP contribution < -0.4 is 9.62 Å². The van der Waals surface area contributed by atoms with Crippen molar-refractivity contribution < 1.29 is 18.0 Å². The number of carbonyl (C=O) groups is 2. The molecular weight excluding hydrogens is 605 g/mol. The fraction of sp³-hybridized carbons (Fsp3) is 0.394. The molecule has 1 N–H and O–H groups in total. The van der Waals surface area contributed by atoms with Gasteiger partial charge in [0.05, 0.1) is 22.0 Å². The van der Waals surface area contributed by atoms with Crippen LogP contribution in [0.5, 0.6) is 0 Å². The van der Waals surface area contributed by atoms with Crippen LogP contribution in [0.3, 0.4) is 0 Å². The molecule has 0 saturated heterocycles. The fourth-order valence-corrected chi connectivity index (χ4v) is 5.74. The molecule has 2 atom stereocenters. The molecule has 0 aliphatic heterocycles. The Morgan fingerprint density at radius 2 is 1.53 bits per heavy atom. The van der Waals surface area contributed by atoms with E-state index in [9.17, 15) is 18.0 Å². The van der Waals surface area contributed by atoms with Crippen LogP contribution in [0.25, 0.3) is 0 Å². The number of hydrogen-bond acceptors (Lipinski definition) is 4. The molecule has 10 heteroatoms. The van der Waals surface area contributed by atoms with Crippen LogP contribution >= 0.6 is 23.2 Å². The maximum Gasteiger partial charge on any atom is 0.244 e. The van der Waals surface area contributed by atoms with E-state index in [1.165, 1.54) is 4.90 Å². The summed E-state index contributed by atoms with van der Waals surface area (Å²) in [5, 5.41) is 3.69. The van der Waals surface area contributed by atoms with Gasteiger partial charge in [-0.05, 0) is 59.7 Å². The maximum atomic E-state index is 14.2. The van der Waals surface area contributed by atoms with Crippen molar-refractivity contribution in [1.29, 1.82) is 0 Å². The molecule has 3 aromatic rings. The number of carbonyl (C=O) groups excluding carboxylic acids is 2. The number of sulfonamides is 1. The zero-order valence-corrected chi connectivity index (χ0v) is 27.9. The molecule has 0 radical (unpaired) electrons. The lowest BCUT2D eigenvalue weighted by Gasteiger charge is -2.34. The van der Waals surface area contributed by atoms with Gasteiger partial charge in [-0.3, -0.25) is 13.9 Å². The first-order valence-electron chi connectivity index (χ1n) is 14.3. The number of rotatable bonds is 12. The molecule has 7 nitrogen and oxygen atoms in total. The Morgan fingerprint density at radius 1 is 0.907 bits per heavy atom. The quantitative estimate of drug-likeness (QED) is 0.240. The van der Waals surface area contributed by atoms with Crippen molar-refractivity contribution in [2.45, 2.75) is 71.5 Å². The van der Waals surface area contributed by atoms with Crippen LogP contribution in [-0.2, 0) is 38.0 Å². The highest BCUT2D eigenvalue weighted by atomic mass is 35.5. The molecule has 2 amide bonds. The van der Waals surface area contributed by atoms with Gasteiger partial charge in [0.25, 0.3) is 0 Å². The Morgan fingerprint density at radius 3 is 2.07 bits per heavy atom.